The third-order valence-electron chi connectivity index (χ3n) is 2.78. The summed E-state index contributed by atoms with van der Waals surface area (Å²) >= 11 is 4.92. The van der Waals surface area contributed by atoms with E-state index in [1.54, 1.807) is 0 Å². The van der Waals surface area contributed by atoms with Crippen LogP contribution < -0.4 is 10.6 Å². The summed E-state index contributed by atoms with van der Waals surface area (Å²) in [6.07, 6.45) is 5.19. The Morgan fingerprint density at radius 1 is 1.56 bits per heavy atom. The molecule has 1 aliphatic rings. The highest BCUT2D eigenvalue weighted by Gasteiger charge is 2.29. The SMILES string of the molecule is Cc1ccc(N(CCC(N)=S)C2CC2)nc1. The fourth-order valence-corrected chi connectivity index (χ4v) is 1.82. The van der Waals surface area contributed by atoms with E-state index in [0.29, 0.717) is 11.0 Å². The number of rotatable bonds is 5. The highest BCUT2D eigenvalue weighted by Crippen LogP contribution is 2.30. The Hall–Kier alpha value is -1.16. The molecule has 0 unspecified atom stereocenters. The molecular weight excluding hydrogens is 218 g/mol. The van der Waals surface area contributed by atoms with Gasteiger partial charge in [0.25, 0.3) is 0 Å². The number of pyridine rings is 1. The Balaban J connectivity index is 2.06. The largest absolute Gasteiger partial charge is 0.393 e. The van der Waals surface area contributed by atoms with Gasteiger partial charge in [0.1, 0.15) is 5.82 Å². The predicted octanol–water partition coefficient (Wildman–Crippen LogP) is 2.04. The molecule has 0 atom stereocenters. The summed E-state index contributed by atoms with van der Waals surface area (Å²) in [5.41, 5.74) is 6.74. The summed E-state index contributed by atoms with van der Waals surface area (Å²) in [7, 11) is 0. The second-order valence-electron chi connectivity index (χ2n) is 4.33. The zero-order valence-corrected chi connectivity index (χ0v) is 10.3. The lowest BCUT2D eigenvalue weighted by atomic mass is 10.3. The topological polar surface area (TPSA) is 42.1 Å². The van der Waals surface area contributed by atoms with Gasteiger partial charge in [-0.3, -0.25) is 0 Å². The summed E-state index contributed by atoms with van der Waals surface area (Å²) < 4.78 is 0. The maximum absolute atomic E-state index is 5.55. The lowest BCUT2D eigenvalue weighted by Crippen LogP contribution is -2.30. The smallest absolute Gasteiger partial charge is 0.128 e. The highest BCUT2D eigenvalue weighted by molar-refractivity contribution is 7.80. The van der Waals surface area contributed by atoms with E-state index < -0.39 is 0 Å². The number of nitrogens with zero attached hydrogens (tertiary/aromatic N) is 2. The molecule has 0 saturated heterocycles. The second-order valence-corrected chi connectivity index (χ2v) is 4.86. The van der Waals surface area contributed by atoms with Crippen LogP contribution in [-0.4, -0.2) is 22.6 Å². The van der Waals surface area contributed by atoms with Gasteiger partial charge in [-0.1, -0.05) is 18.3 Å². The first-order valence-electron chi connectivity index (χ1n) is 5.64. The predicted molar refractivity (Wildman–Crippen MR) is 70.7 cm³/mol. The normalized spacial score (nSPS) is 14.8. The Labute approximate surface area is 102 Å². The molecule has 16 heavy (non-hydrogen) atoms. The van der Waals surface area contributed by atoms with Crippen LogP contribution in [0.25, 0.3) is 0 Å². The standard InChI is InChI=1S/C12H17N3S/c1-9-2-5-12(14-8-9)15(10-3-4-10)7-6-11(13)16/h2,5,8,10H,3-4,6-7H2,1H3,(H2,13,16). The van der Waals surface area contributed by atoms with Crippen LogP contribution in [0.5, 0.6) is 0 Å². The molecule has 1 aromatic heterocycles. The lowest BCUT2D eigenvalue weighted by Gasteiger charge is -2.23. The van der Waals surface area contributed by atoms with Gasteiger partial charge >= 0.3 is 0 Å². The Morgan fingerprint density at radius 2 is 2.31 bits per heavy atom. The fourth-order valence-electron chi connectivity index (χ4n) is 1.73. The molecule has 1 fully saturated rings. The summed E-state index contributed by atoms with van der Waals surface area (Å²) in [6.45, 7) is 2.93. The first kappa shape index (κ1) is 11.3. The van der Waals surface area contributed by atoms with Crippen molar-refractivity contribution >= 4 is 23.0 Å². The molecule has 0 bridgehead atoms. The summed E-state index contributed by atoms with van der Waals surface area (Å²) in [4.78, 5) is 7.36. The van der Waals surface area contributed by atoms with Gasteiger partial charge in [0.05, 0.1) is 4.99 Å². The number of nitrogens with two attached hydrogens (primary N) is 1. The van der Waals surface area contributed by atoms with Crippen molar-refractivity contribution in [2.24, 2.45) is 5.73 Å². The van der Waals surface area contributed by atoms with E-state index in [4.69, 9.17) is 18.0 Å². The van der Waals surface area contributed by atoms with Crippen LogP contribution in [-0.2, 0) is 0 Å². The van der Waals surface area contributed by atoms with Crippen molar-refractivity contribution < 1.29 is 0 Å². The van der Waals surface area contributed by atoms with Gasteiger partial charge < -0.3 is 10.6 Å². The third-order valence-corrected chi connectivity index (χ3v) is 2.98. The quantitative estimate of drug-likeness (QED) is 0.793. The highest BCUT2D eigenvalue weighted by atomic mass is 32.1. The zero-order chi connectivity index (χ0) is 11.5. The zero-order valence-electron chi connectivity index (χ0n) is 9.52. The first-order chi connectivity index (χ1) is 7.66. The fraction of sp³-hybridized carbons (Fsp3) is 0.500. The first-order valence-corrected chi connectivity index (χ1v) is 6.05. The number of aryl methyl sites for hydroxylation is 1. The maximum Gasteiger partial charge on any atom is 0.128 e. The van der Waals surface area contributed by atoms with Crippen molar-refractivity contribution in [1.29, 1.82) is 0 Å². The number of thiocarbonyl (C=S) groups is 1. The van der Waals surface area contributed by atoms with Gasteiger partial charge in [-0.2, -0.15) is 0 Å². The van der Waals surface area contributed by atoms with Crippen molar-refractivity contribution in [2.45, 2.75) is 32.2 Å². The minimum absolute atomic E-state index is 0.581. The lowest BCUT2D eigenvalue weighted by molar-refractivity contribution is 0.785. The summed E-state index contributed by atoms with van der Waals surface area (Å²) in [5, 5.41) is 0. The number of anilines is 1. The van der Waals surface area contributed by atoms with Gasteiger partial charge in [-0.15, -0.1) is 0 Å². The molecule has 1 aliphatic carbocycles. The maximum atomic E-state index is 5.55. The van der Waals surface area contributed by atoms with Crippen molar-refractivity contribution in [3.63, 3.8) is 0 Å². The van der Waals surface area contributed by atoms with Gasteiger partial charge in [0.2, 0.25) is 0 Å². The molecule has 0 radical (unpaired) electrons. The minimum Gasteiger partial charge on any atom is -0.393 e. The molecule has 1 aromatic rings. The van der Waals surface area contributed by atoms with Crippen LogP contribution in [0.15, 0.2) is 18.3 Å². The molecule has 2 N–H and O–H groups in total. The van der Waals surface area contributed by atoms with Gasteiger partial charge in [-0.05, 0) is 31.4 Å². The third kappa shape index (κ3) is 2.92. The Kier molecular flexibility index (Phi) is 3.39. The van der Waals surface area contributed by atoms with E-state index in [2.05, 4.69) is 22.0 Å². The van der Waals surface area contributed by atoms with Gasteiger partial charge in [0, 0.05) is 25.2 Å². The molecule has 1 heterocycles. The van der Waals surface area contributed by atoms with Crippen LogP contribution >= 0.6 is 12.2 Å². The van der Waals surface area contributed by atoms with Crippen molar-refractivity contribution in [1.82, 2.24) is 4.98 Å². The number of aromatic nitrogens is 1. The van der Waals surface area contributed by atoms with E-state index in [9.17, 15) is 0 Å². The molecule has 0 aromatic carbocycles. The van der Waals surface area contributed by atoms with E-state index in [0.717, 1.165) is 18.8 Å². The Morgan fingerprint density at radius 3 is 2.81 bits per heavy atom. The molecule has 0 amide bonds. The molecule has 0 spiro atoms. The van der Waals surface area contributed by atoms with Crippen LogP contribution in [0.1, 0.15) is 24.8 Å². The monoisotopic (exact) mass is 235 g/mol. The van der Waals surface area contributed by atoms with Gasteiger partial charge in [-0.25, -0.2) is 4.98 Å². The van der Waals surface area contributed by atoms with Crippen LogP contribution in [0.4, 0.5) is 5.82 Å². The number of hydrogen-bond donors (Lipinski definition) is 1. The average molecular weight is 235 g/mol. The van der Waals surface area contributed by atoms with Crippen molar-refractivity contribution in [2.75, 3.05) is 11.4 Å². The summed E-state index contributed by atoms with van der Waals surface area (Å²) in [5.74, 6) is 1.05. The van der Waals surface area contributed by atoms with E-state index >= 15 is 0 Å². The minimum atomic E-state index is 0.581. The molecule has 2 rings (SSSR count). The van der Waals surface area contributed by atoms with E-state index in [1.165, 1.54) is 18.4 Å². The van der Waals surface area contributed by atoms with Crippen LogP contribution in [0.2, 0.25) is 0 Å². The molecule has 86 valence electrons. The number of hydrogen-bond acceptors (Lipinski definition) is 3. The summed E-state index contributed by atoms with van der Waals surface area (Å²) in [6, 6.07) is 4.82. The van der Waals surface area contributed by atoms with Crippen molar-refractivity contribution in [3.05, 3.63) is 23.9 Å². The molecule has 4 heteroatoms. The van der Waals surface area contributed by atoms with Crippen LogP contribution in [0, 0.1) is 6.92 Å². The average Bonchev–Trinajstić information content (AvgIpc) is 3.04. The second kappa shape index (κ2) is 4.78. The van der Waals surface area contributed by atoms with Crippen LogP contribution in [0.3, 0.4) is 0 Å². The molecule has 0 aliphatic heterocycles. The molecular formula is C12H17N3S. The van der Waals surface area contributed by atoms with E-state index in [-0.39, 0.29) is 0 Å². The van der Waals surface area contributed by atoms with Gasteiger partial charge in [0.15, 0.2) is 0 Å². The Bertz CT molecular complexity index is 370. The van der Waals surface area contributed by atoms with E-state index in [1.807, 2.05) is 13.1 Å². The van der Waals surface area contributed by atoms with Crippen molar-refractivity contribution in [3.8, 4) is 0 Å². The molecule has 1 saturated carbocycles. The molecule has 3 nitrogen and oxygen atoms in total.